The maximum absolute atomic E-state index is 11.8. The number of carbonyl (C=O) groups excluding carboxylic acids is 1. The minimum absolute atomic E-state index is 0.00825. The fourth-order valence-electron chi connectivity index (χ4n) is 1.84. The van der Waals surface area contributed by atoms with E-state index in [0.29, 0.717) is 22.0 Å². The molecule has 2 aromatic heterocycles. The molecular weight excluding hydrogens is 304 g/mol. The molecule has 0 spiro atoms. The van der Waals surface area contributed by atoms with E-state index < -0.39 is 5.97 Å². The summed E-state index contributed by atoms with van der Waals surface area (Å²) in [5, 5.41) is 4.60. The van der Waals surface area contributed by atoms with Gasteiger partial charge in [-0.2, -0.15) is 0 Å². The van der Waals surface area contributed by atoms with Crippen LogP contribution in [0.5, 0.6) is 0 Å². The zero-order valence-corrected chi connectivity index (χ0v) is 12.2. The van der Waals surface area contributed by atoms with Gasteiger partial charge in [-0.15, -0.1) is 0 Å². The Bertz CT molecular complexity index is 770. The minimum Gasteiger partial charge on any atom is -0.454 e. The van der Waals surface area contributed by atoms with Crippen molar-refractivity contribution in [3.8, 4) is 11.3 Å². The molecule has 0 aliphatic carbocycles. The van der Waals surface area contributed by atoms with Crippen molar-refractivity contribution < 1.29 is 14.1 Å². The first-order valence-electron chi connectivity index (χ1n) is 6.51. The highest BCUT2D eigenvalue weighted by atomic mass is 35.5. The Morgan fingerprint density at radius 2 is 2.05 bits per heavy atom. The lowest BCUT2D eigenvalue weighted by atomic mass is 10.1. The number of pyridine rings is 1. The predicted octanol–water partition coefficient (Wildman–Crippen LogP) is 3.75. The molecule has 2 heterocycles. The monoisotopic (exact) mass is 314 g/mol. The molecule has 0 aliphatic heterocycles. The molecule has 6 heteroatoms. The average molecular weight is 315 g/mol. The van der Waals surface area contributed by atoms with E-state index in [1.807, 2.05) is 12.1 Å². The number of ether oxygens (including phenoxy) is 1. The Hall–Kier alpha value is -2.66. The van der Waals surface area contributed by atoms with Crippen molar-refractivity contribution in [2.75, 3.05) is 0 Å². The van der Waals surface area contributed by atoms with Gasteiger partial charge in [0.15, 0.2) is 12.4 Å². The Kier molecular flexibility index (Phi) is 4.16. The second-order valence-corrected chi connectivity index (χ2v) is 4.94. The number of rotatable bonds is 4. The smallest absolute Gasteiger partial charge is 0.340 e. The fourth-order valence-corrected chi connectivity index (χ4v) is 1.97. The van der Waals surface area contributed by atoms with Crippen molar-refractivity contribution in [2.45, 2.75) is 6.61 Å². The van der Waals surface area contributed by atoms with Crippen LogP contribution >= 0.6 is 11.6 Å². The topological polar surface area (TPSA) is 65.2 Å². The van der Waals surface area contributed by atoms with Crippen molar-refractivity contribution in [3.05, 3.63) is 71.2 Å². The van der Waals surface area contributed by atoms with Gasteiger partial charge in [0.25, 0.3) is 0 Å². The molecule has 22 heavy (non-hydrogen) atoms. The van der Waals surface area contributed by atoms with Gasteiger partial charge < -0.3 is 9.26 Å². The molecule has 0 N–H and O–H groups in total. The number of esters is 1. The van der Waals surface area contributed by atoms with Crippen molar-refractivity contribution in [2.24, 2.45) is 0 Å². The highest BCUT2D eigenvalue weighted by Crippen LogP contribution is 2.21. The summed E-state index contributed by atoms with van der Waals surface area (Å²) in [7, 11) is 0. The van der Waals surface area contributed by atoms with Crippen LogP contribution in [0, 0.1) is 0 Å². The zero-order chi connectivity index (χ0) is 15.4. The van der Waals surface area contributed by atoms with Crippen molar-refractivity contribution in [3.63, 3.8) is 0 Å². The first kappa shape index (κ1) is 14.3. The van der Waals surface area contributed by atoms with Gasteiger partial charge in [-0.05, 0) is 24.3 Å². The lowest BCUT2D eigenvalue weighted by Gasteiger charge is -2.00. The third-order valence-electron chi connectivity index (χ3n) is 2.94. The summed E-state index contributed by atoms with van der Waals surface area (Å²) in [4.78, 5) is 15.7. The third kappa shape index (κ3) is 3.32. The molecule has 0 fully saturated rings. The van der Waals surface area contributed by atoms with Gasteiger partial charge in [-0.1, -0.05) is 28.9 Å². The van der Waals surface area contributed by atoms with Gasteiger partial charge in [0.2, 0.25) is 0 Å². The second kappa shape index (κ2) is 6.41. The number of benzene rings is 1. The highest BCUT2D eigenvalue weighted by molar-refractivity contribution is 6.30. The van der Waals surface area contributed by atoms with Crippen LogP contribution in [0.2, 0.25) is 5.02 Å². The average Bonchev–Trinajstić information content (AvgIpc) is 3.03. The van der Waals surface area contributed by atoms with Crippen LogP contribution in [0.4, 0.5) is 0 Å². The van der Waals surface area contributed by atoms with Crippen LogP contribution in [0.3, 0.4) is 0 Å². The Labute approximate surface area is 131 Å². The first-order chi connectivity index (χ1) is 10.7. The van der Waals surface area contributed by atoms with Crippen LogP contribution < -0.4 is 0 Å². The summed E-state index contributed by atoms with van der Waals surface area (Å²) in [6.07, 6.45) is 3.04. The zero-order valence-electron chi connectivity index (χ0n) is 11.4. The van der Waals surface area contributed by atoms with E-state index in [1.165, 1.54) is 6.20 Å². The summed E-state index contributed by atoms with van der Waals surface area (Å²) < 4.78 is 10.3. The molecule has 0 amide bonds. The molecular formula is C16H11ClN2O3. The Morgan fingerprint density at radius 1 is 1.23 bits per heavy atom. The lowest BCUT2D eigenvalue weighted by molar-refractivity contribution is 0.0437. The number of nitrogens with zero attached hydrogens (tertiary/aromatic N) is 2. The predicted molar refractivity (Wildman–Crippen MR) is 80.3 cm³/mol. The normalized spacial score (nSPS) is 10.4. The number of aromatic nitrogens is 2. The molecule has 3 aromatic rings. The summed E-state index contributed by atoms with van der Waals surface area (Å²) in [5.74, 6) is -0.000247. The minimum atomic E-state index is -0.461. The van der Waals surface area contributed by atoms with Gasteiger partial charge in [0, 0.05) is 29.0 Å². The molecule has 0 atom stereocenters. The lowest BCUT2D eigenvalue weighted by Crippen LogP contribution is -2.04. The van der Waals surface area contributed by atoms with E-state index in [1.54, 1.807) is 36.5 Å². The van der Waals surface area contributed by atoms with Gasteiger partial charge in [-0.3, -0.25) is 4.98 Å². The summed E-state index contributed by atoms with van der Waals surface area (Å²) in [5.41, 5.74) is 1.92. The largest absolute Gasteiger partial charge is 0.454 e. The van der Waals surface area contributed by atoms with Crippen LogP contribution in [-0.2, 0) is 11.3 Å². The molecule has 0 aliphatic rings. The van der Waals surface area contributed by atoms with Crippen LogP contribution in [0.1, 0.15) is 16.1 Å². The molecule has 1 aromatic carbocycles. The van der Waals surface area contributed by atoms with Crippen LogP contribution in [0.15, 0.2) is 59.4 Å². The summed E-state index contributed by atoms with van der Waals surface area (Å²) in [6, 6.07) is 12.2. The van der Waals surface area contributed by atoms with Crippen molar-refractivity contribution in [1.82, 2.24) is 10.1 Å². The van der Waals surface area contributed by atoms with E-state index >= 15 is 0 Å². The third-order valence-corrected chi connectivity index (χ3v) is 3.19. The quantitative estimate of drug-likeness (QED) is 0.686. The standard InChI is InChI=1S/C16H11ClN2O3/c17-13-5-3-11(4-6-13)15-8-14(22-19-15)10-21-16(20)12-2-1-7-18-9-12/h1-9H,10H2. The molecule has 0 unspecified atom stereocenters. The summed E-state index contributed by atoms with van der Waals surface area (Å²) in [6.45, 7) is 0.00825. The van der Waals surface area contributed by atoms with Gasteiger partial charge in [-0.25, -0.2) is 4.79 Å². The fraction of sp³-hybridized carbons (Fsp3) is 0.0625. The van der Waals surface area contributed by atoms with E-state index in [4.69, 9.17) is 20.9 Å². The van der Waals surface area contributed by atoms with Gasteiger partial charge in [0.1, 0.15) is 5.69 Å². The molecule has 0 radical (unpaired) electrons. The molecule has 0 saturated carbocycles. The first-order valence-corrected chi connectivity index (χ1v) is 6.89. The van der Waals surface area contributed by atoms with Crippen molar-refractivity contribution >= 4 is 17.6 Å². The van der Waals surface area contributed by atoms with E-state index in [2.05, 4.69) is 10.1 Å². The molecule has 0 saturated heterocycles. The SMILES string of the molecule is O=C(OCc1cc(-c2ccc(Cl)cc2)no1)c1cccnc1. The van der Waals surface area contributed by atoms with E-state index in [9.17, 15) is 4.79 Å². The second-order valence-electron chi connectivity index (χ2n) is 4.50. The number of hydrogen-bond donors (Lipinski definition) is 0. The molecule has 3 rings (SSSR count). The highest BCUT2D eigenvalue weighted by Gasteiger charge is 2.11. The van der Waals surface area contributed by atoms with E-state index in [0.717, 1.165) is 5.56 Å². The molecule has 0 bridgehead atoms. The Morgan fingerprint density at radius 3 is 2.77 bits per heavy atom. The van der Waals surface area contributed by atoms with Crippen LogP contribution in [0.25, 0.3) is 11.3 Å². The van der Waals surface area contributed by atoms with Gasteiger partial charge >= 0.3 is 5.97 Å². The summed E-state index contributed by atoms with van der Waals surface area (Å²) >= 11 is 5.84. The molecule has 110 valence electrons. The number of carbonyl (C=O) groups is 1. The van der Waals surface area contributed by atoms with E-state index in [-0.39, 0.29) is 6.61 Å². The number of halogens is 1. The maximum Gasteiger partial charge on any atom is 0.340 e. The van der Waals surface area contributed by atoms with Crippen molar-refractivity contribution in [1.29, 1.82) is 0 Å². The molecule has 5 nitrogen and oxygen atoms in total. The van der Waals surface area contributed by atoms with Crippen LogP contribution in [-0.4, -0.2) is 16.1 Å². The van der Waals surface area contributed by atoms with Gasteiger partial charge in [0.05, 0.1) is 5.56 Å². The Balaban J connectivity index is 1.65. The maximum atomic E-state index is 11.8. The number of hydrogen-bond acceptors (Lipinski definition) is 5.